The molecule has 128 valence electrons. The van der Waals surface area contributed by atoms with Gasteiger partial charge < -0.3 is 0 Å². The summed E-state index contributed by atoms with van der Waals surface area (Å²) in [7, 11) is 0. The quantitative estimate of drug-likeness (QED) is 0.467. The van der Waals surface area contributed by atoms with Crippen molar-refractivity contribution in [2.75, 3.05) is 6.54 Å². The zero-order valence-electron chi connectivity index (χ0n) is 13.2. The number of hydrogen-bond donors (Lipinski definition) is 0. The monoisotopic (exact) mass is 343 g/mol. The first-order valence-corrected chi connectivity index (χ1v) is 7.62. The first-order chi connectivity index (χ1) is 11.8. The summed E-state index contributed by atoms with van der Waals surface area (Å²) in [5.41, 5.74) is -0.672. The van der Waals surface area contributed by atoms with Gasteiger partial charge in [-0.3, -0.25) is 34.7 Å². The third-order valence-electron chi connectivity index (χ3n) is 4.13. The third kappa shape index (κ3) is 2.59. The van der Waals surface area contributed by atoms with Gasteiger partial charge in [0.05, 0.1) is 21.0 Å². The fourth-order valence-corrected chi connectivity index (χ4v) is 2.93. The molecule has 1 aliphatic heterocycles. The fraction of sp³-hybridized carbons (Fsp3) is 0.250. The summed E-state index contributed by atoms with van der Waals surface area (Å²) in [4.78, 5) is 47.3. The van der Waals surface area contributed by atoms with Crippen LogP contribution in [-0.4, -0.2) is 33.1 Å². The molecule has 2 aromatic carbocycles. The van der Waals surface area contributed by atoms with E-state index in [2.05, 4.69) is 0 Å². The minimum Gasteiger partial charge on any atom is -0.274 e. The number of unbranched alkanes of at least 4 members (excludes halogenated alkanes) is 1. The van der Waals surface area contributed by atoms with Crippen molar-refractivity contribution in [2.45, 2.75) is 19.8 Å². The highest BCUT2D eigenvalue weighted by atomic mass is 16.6. The van der Waals surface area contributed by atoms with Crippen LogP contribution >= 0.6 is 0 Å². The lowest BCUT2D eigenvalue weighted by Gasteiger charge is -2.26. The lowest BCUT2D eigenvalue weighted by atomic mass is 9.92. The highest BCUT2D eigenvalue weighted by Gasteiger charge is 2.35. The molecule has 0 aromatic heterocycles. The number of rotatable bonds is 5. The van der Waals surface area contributed by atoms with E-state index in [0.29, 0.717) is 6.42 Å². The van der Waals surface area contributed by atoms with E-state index in [1.165, 1.54) is 0 Å². The molecule has 0 spiro atoms. The minimum absolute atomic E-state index is 0.0183. The number of carbonyl (C=O) groups is 2. The van der Waals surface area contributed by atoms with Crippen LogP contribution in [0.25, 0.3) is 10.8 Å². The molecule has 0 radical (unpaired) electrons. The van der Waals surface area contributed by atoms with E-state index in [-0.39, 0.29) is 39.8 Å². The first-order valence-electron chi connectivity index (χ1n) is 7.62. The Morgan fingerprint density at radius 3 is 1.80 bits per heavy atom. The SMILES string of the molecule is CCCCN1C(=O)c2cc([N+](=O)[O-])cc3cc([N+](=O)[O-])cc(c23)C1=O. The van der Waals surface area contributed by atoms with Gasteiger partial charge in [0.15, 0.2) is 0 Å². The molecule has 0 saturated heterocycles. The second-order valence-corrected chi connectivity index (χ2v) is 5.71. The fourth-order valence-electron chi connectivity index (χ4n) is 2.93. The number of carbonyl (C=O) groups excluding carboxylic acids is 2. The van der Waals surface area contributed by atoms with Gasteiger partial charge in [0.1, 0.15) is 0 Å². The van der Waals surface area contributed by atoms with Crippen molar-refractivity contribution in [2.24, 2.45) is 0 Å². The largest absolute Gasteiger partial charge is 0.274 e. The van der Waals surface area contributed by atoms with Crippen LogP contribution in [0.1, 0.15) is 40.5 Å². The van der Waals surface area contributed by atoms with Crippen molar-refractivity contribution in [1.82, 2.24) is 4.90 Å². The van der Waals surface area contributed by atoms with Crippen molar-refractivity contribution in [1.29, 1.82) is 0 Å². The van der Waals surface area contributed by atoms with Gasteiger partial charge >= 0.3 is 0 Å². The minimum atomic E-state index is -0.672. The summed E-state index contributed by atoms with van der Waals surface area (Å²) in [5, 5.41) is 22.6. The number of hydrogen-bond acceptors (Lipinski definition) is 6. The molecule has 0 aliphatic carbocycles. The highest BCUT2D eigenvalue weighted by Crippen LogP contribution is 2.36. The maximum Gasteiger partial charge on any atom is 0.270 e. The molecule has 9 nitrogen and oxygen atoms in total. The standard InChI is InChI=1S/C16H13N3O6/c1-2-3-4-17-15(20)12-7-10(18(22)23)5-9-6-11(19(24)25)8-13(14(9)12)16(17)21/h5-8H,2-4H2,1H3. The van der Waals surface area contributed by atoms with Crippen molar-refractivity contribution < 1.29 is 19.4 Å². The summed E-state index contributed by atoms with van der Waals surface area (Å²) in [6.07, 6.45) is 1.31. The molecule has 2 amide bonds. The number of nitro benzene ring substituents is 2. The molecule has 0 N–H and O–H groups in total. The summed E-state index contributed by atoms with van der Waals surface area (Å²) in [6.45, 7) is 2.05. The second kappa shape index (κ2) is 5.93. The average Bonchev–Trinajstić information content (AvgIpc) is 2.58. The van der Waals surface area contributed by atoms with Crippen LogP contribution in [-0.2, 0) is 0 Å². The van der Waals surface area contributed by atoms with E-state index in [1.54, 1.807) is 0 Å². The second-order valence-electron chi connectivity index (χ2n) is 5.71. The Kier molecular flexibility index (Phi) is 3.91. The van der Waals surface area contributed by atoms with E-state index in [0.717, 1.165) is 35.6 Å². The van der Waals surface area contributed by atoms with Gasteiger partial charge in [0.25, 0.3) is 23.2 Å². The number of nitro groups is 2. The van der Waals surface area contributed by atoms with Gasteiger partial charge in [0, 0.05) is 36.2 Å². The molecule has 2 aromatic rings. The Morgan fingerprint density at radius 1 is 0.920 bits per heavy atom. The predicted molar refractivity (Wildman–Crippen MR) is 87.5 cm³/mol. The van der Waals surface area contributed by atoms with E-state index < -0.39 is 21.7 Å². The van der Waals surface area contributed by atoms with E-state index in [9.17, 15) is 29.8 Å². The van der Waals surface area contributed by atoms with Gasteiger partial charge in [-0.15, -0.1) is 0 Å². The average molecular weight is 343 g/mol. The number of amides is 2. The van der Waals surface area contributed by atoms with Crippen LogP contribution in [0.4, 0.5) is 11.4 Å². The zero-order chi connectivity index (χ0) is 18.3. The van der Waals surface area contributed by atoms with Crippen molar-refractivity contribution in [3.8, 4) is 0 Å². The van der Waals surface area contributed by atoms with Crippen LogP contribution in [0.3, 0.4) is 0 Å². The molecule has 1 heterocycles. The van der Waals surface area contributed by atoms with Gasteiger partial charge in [-0.1, -0.05) is 13.3 Å². The van der Waals surface area contributed by atoms with Crippen molar-refractivity contribution in [3.63, 3.8) is 0 Å². The zero-order valence-corrected chi connectivity index (χ0v) is 13.2. The van der Waals surface area contributed by atoms with Crippen molar-refractivity contribution in [3.05, 3.63) is 55.6 Å². The first kappa shape index (κ1) is 16.5. The molecule has 0 saturated carbocycles. The molecule has 0 unspecified atom stereocenters. The van der Waals surface area contributed by atoms with Gasteiger partial charge in [-0.25, -0.2) is 0 Å². The molecular weight excluding hydrogens is 330 g/mol. The van der Waals surface area contributed by atoms with Gasteiger partial charge in [0.2, 0.25) is 0 Å². The number of non-ortho nitro benzene ring substituents is 2. The third-order valence-corrected chi connectivity index (χ3v) is 4.13. The molecule has 0 atom stereocenters. The molecule has 0 bridgehead atoms. The van der Waals surface area contributed by atoms with Crippen LogP contribution in [0, 0.1) is 20.2 Å². The Balaban J connectivity index is 2.34. The molecule has 3 rings (SSSR count). The summed E-state index contributed by atoms with van der Waals surface area (Å²) >= 11 is 0. The Bertz CT molecular complexity index is 884. The number of nitrogens with zero attached hydrogens (tertiary/aromatic N) is 3. The molecular formula is C16H13N3O6. The Morgan fingerprint density at radius 2 is 1.40 bits per heavy atom. The molecule has 25 heavy (non-hydrogen) atoms. The summed E-state index contributed by atoms with van der Waals surface area (Å²) in [6, 6.07) is 4.51. The lowest BCUT2D eigenvalue weighted by Crippen LogP contribution is -2.40. The van der Waals surface area contributed by atoms with E-state index in [1.807, 2.05) is 6.92 Å². The van der Waals surface area contributed by atoms with Crippen LogP contribution < -0.4 is 0 Å². The summed E-state index contributed by atoms with van der Waals surface area (Å²) < 4.78 is 0. The normalized spacial score (nSPS) is 13.4. The smallest absolute Gasteiger partial charge is 0.270 e. The van der Waals surface area contributed by atoms with E-state index in [4.69, 9.17) is 0 Å². The van der Waals surface area contributed by atoms with Gasteiger partial charge in [-0.2, -0.15) is 0 Å². The molecule has 9 heteroatoms. The van der Waals surface area contributed by atoms with Crippen molar-refractivity contribution >= 4 is 34.0 Å². The van der Waals surface area contributed by atoms with Crippen LogP contribution in [0.5, 0.6) is 0 Å². The maximum atomic E-state index is 12.7. The Hall–Kier alpha value is -3.36. The lowest BCUT2D eigenvalue weighted by molar-refractivity contribution is -0.385. The van der Waals surface area contributed by atoms with E-state index >= 15 is 0 Å². The highest BCUT2D eigenvalue weighted by molar-refractivity contribution is 6.26. The maximum absolute atomic E-state index is 12.7. The van der Waals surface area contributed by atoms with Crippen LogP contribution in [0.15, 0.2) is 24.3 Å². The predicted octanol–water partition coefficient (Wildman–Crippen LogP) is 3.05. The number of benzene rings is 2. The molecule has 0 fully saturated rings. The van der Waals surface area contributed by atoms with Crippen LogP contribution in [0.2, 0.25) is 0 Å². The number of imide groups is 1. The summed E-state index contributed by atoms with van der Waals surface area (Å²) in [5.74, 6) is -1.23. The van der Waals surface area contributed by atoms with Gasteiger partial charge in [-0.05, 0) is 11.8 Å². The molecule has 1 aliphatic rings. The topological polar surface area (TPSA) is 124 Å². The Labute approximate surface area is 141 Å².